The first kappa shape index (κ1) is 52.4. The van der Waals surface area contributed by atoms with Gasteiger partial charge in [0.15, 0.2) is 0 Å². The first-order valence-electron chi connectivity index (χ1n) is 21.3. The minimum absolute atomic E-state index is 0.538. The van der Waals surface area contributed by atoms with Crippen LogP contribution in [0.2, 0.25) is 0 Å². The molecule has 0 radical (unpaired) electrons. The summed E-state index contributed by atoms with van der Waals surface area (Å²) >= 11 is 4.69. The van der Waals surface area contributed by atoms with Crippen LogP contribution in [-0.4, -0.2) is 22.0 Å². The van der Waals surface area contributed by atoms with Crippen molar-refractivity contribution in [2.75, 3.05) is 16.8 Å². The van der Waals surface area contributed by atoms with Crippen LogP contribution in [0.25, 0.3) is 0 Å². The SMILES string of the molecule is C=C(C)C.CC.Cc1ccccc1.Cc1ccccc1.Cc1ccccc1.Cc1ccccc1N(C)c1ncnc(N(c2ccccc2C)c2ccccc2S)n1.c1ccccc1. The number of para-hydroxylation sites is 3. The smallest absolute Gasteiger partial charge is 0.239 e. The number of anilines is 5. The lowest BCUT2D eigenvalue weighted by Crippen LogP contribution is -2.19. The second-order valence-electron chi connectivity index (χ2n) is 14.4. The van der Waals surface area contributed by atoms with Crippen molar-refractivity contribution in [3.63, 3.8) is 0 Å². The summed E-state index contributed by atoms with van der Waals surface area (Å²) in [5, 5.41) is 0. The van der Waals surface area contributed by atoms with E-state index in [1.165, 1.54) is 22.3 Å². The van der Waals surface area contributed by atoms with Crippen molar-refractivity contribution >= 4 is 41.6 Å². The Morgan fingerprint density at radius 1 is 0.429 bits per heavy atom. The van der Waals surface area contributed by atoms with E-state index in [1.54, 1.807) is 6.33 Å². The molecule has 0 spiro atoms. The molecule has 0 aliphatic carbocycles. The number of hydrogen-bond donors (Lipinski definition) is 1. The second-order valence-corrected chi connectivity index (χ2v) is 14.8. The molecular formula is C57H67N5S. The molecule has 0 bridgehead atoms. The van der Waals surface area contributed by atoms with Gasteiger partial charge in [-0.2, -0.15) is 4.98 Å². The molecule has 326 valence electrons. The highest BCUT2D eigenvalue weighted by molar-refractivity contribution is 7.80. The topological polar surface area (TPSA) is 45.2 Å². The van der Waals surface area contributed by atoms with E-state index < -0.39 is 0 Å². The maximum absolute atomic E-state index is 4.82. The zero-order valence-electron chi connectivity index (χ0n) is 39.0. The Labute approximate surface area is 385 Å². The Hall–Kier alpha value is -6.76. The largest absolute Gasteiger partial charge is 0.313 e. The summed E-state index contributed by atoms with van der Waals surface area (Å²) in [4.78, 5) is 18.6. The van der Waals surface area contributed by atoms with Crippen LogP contribution in [0, 0.1) is 34.6 Å². The molecule has 0 saturated carbocycles. The fourth-order valence-corrected chi connectivity index (χ4v) is 5.66. The lowest BCUT2D eigenvalue weighted by atomic mass is 10.1. The van der Waals surface area contributed by atoms with Crippen LogP contribution in [0.4, 0.5) is 29.0 Å². The third-order valence-corrected chi connectivity index (χ3v) is 8.87. The number of aryl methyl sites for hydroxylation is 5. The van der Waals surface area contributed by atoms with Crippen molar-refractivity contribution in [3.05, 3.63) is 246 Å². The molecule has 5 nitrogen and oxygen atoms in total. The van der Waals surface area contributed by atoms with Crippen LogP contribution in [0.3, 0.4) is 0 Å². The van der Waals surface area contributed by atoms with Crippen LogP contribution >= 0.6 is 12.6 Å². The second kappa shape index (κ2) is 31.1. The van der Waals surface area contributed by atoms with Gasteiger partial charge in [-0.25, -0.2) is 9.97 Å². The van der Waals surface area contributed by atoms with Gasteiger partial charge in [-0.15, -0.1) is 19.2 Å². The summed E-state index contributed by atoms with van der Waals surface area (Å²) < 4.78 is 0. The first-order valence-corrected chi connectivity index (χ1v) is 21.7. The van der Waals surface area contributed by atoms with Crippen molar-refractivity contribution in [2.24, 2.45) is 0 Å². The lowest BCUT2D eigenvalue weighted by molar-refractivity contribution is 0.957. The summed E-state index contributed by atoms with van der Waals surface area (Å²) in [7, 11) is 1.96. The van der Waals surface area contributed by atoms with Crippen LogP contribution in [-0.2, 0) is 0 Å². The summed E-state index contributed by atoms with van der Waals surface area (Å²) in [5.41, 5.74) is 10.3. The maximum atomic E-state index is 4.82. The Morgan fingerprint density at radius 3 is 1.08 bits per heavy atom. The summed E-state index contributed by atoms with van der Waals surface area (Å²) in [6.45, 7) is 21.9. The standard InChI is InChI=1S/C24H23N5S.3C7H8.C6H6.C4H8.C2H6/c1-17-10-4-6-12-19(17)28(3)23-25-16-26-24(27-23)29(20-13-7-5-11-18(20)2)21-14-8-9-15-22(21)30;3*1-7-5-3-2-4-6-7;1-2-4-6-5-3-1;1-4(2)3;1-2/h4-16,30H,1-3H3;3*2-6H,1H3;1-6H;1H2,2-3H3;1-2H3. The third-order valence-electron chi connectivity index (χ3n) is 8.49. The summed E-state index contributed by atoms with van der Waals surface area (Å²) in [5.74, 6) is 1.11. The Bertz CT molecular complexity index is 2220. The number of aromatic nitrogens is 3. The summed E-state index contributed by atoms with van der Waals surface area (Å²) in [6.07, 6.45) is 1.55. The van der Waals surface area contributed by atoms with E-state index in [2.05, 4.69) is 124 Å². The van der Waals surface area contributed by atoms with Gasteiger partial charge in [-0.1, -0.05) is 212 Å². The monoisotopic (exact) mass is 854 g/mol. The lowest BCUT2D eigenvalue weighted by Gasteiger charge is -2.27. The van der Waals surface area contributed by atoms with Crippen LogP contribution in [0.5, 0.6) is 0 Å². The van der Waals surface area contributed by atoms with Crippen LogP contribution < -0.4 is 9.80 Å². The molecule has 0 amide bonds. The Balaban J connectivity index is 0.000000330. The number of nitrogens with zero attached hydrogens (tertiary/aromatic N) is 5. The highest BCUT2D eigenvalue weighted by atomic mass is 32.1. The van der Waals surface area contributed by atoms with Crippen molar-refractivity contribution in [1.29, 1.82) is 0 Å². The van der Waals surface area contributed by atoms with Gasteiger partial charge < -0.3 is 4.90 Å². The highest BCUT2D eigenvalue weighted by Gasteiger charge is 2.20. The van der Waals surface area contributed by atoms with Gasteiger partial charge in [0.25, 0.3) is 0 Å². The molecule has 8 rings (SSSR count). The van der Waals surface area contributed by atoms with E-state index in [9.17, 15) is 0 Å². The predicted octanol–water partition coefficient (Wildman–Crippen LogP) is 16.3. The average Bonchev–Trinajstić information content (AvgIpc) is 3.30. The van der Waals surface area contributed by atoms with E-state index in [0.717, 1.165) is 33.1 Å². The molecule has 0 aliphatic heterocycles. The van der Waals surface area contributed by atoms with Crippen molar-refractivity contribution in [2.45, 2.75) is 67.2 Å². The van der Waals surface area contributed by atoms with Crippen molar-refractivity contribution < 1.29 is 0 Å². The van der Waals surface area contributed by atoms with Crippen molar-refractivity contribution in [3.8, 4) is 0 Å². The fourth-order valence-electron chi connectivity index (χ4n) is 5.40. The van der Waals surface area contributed by atoms with E-state index in [1.807, 2.05) is 184 Å². The van der Waals surface area contributed by atoms with Crippen LogP contribution in [0.15, 0.2) is 224 Å². The van der Waals surface area contributed by atoms with Crippen molar-refractivity contribution in [1.82, 2.24) is 15.0 Å². The molecule has 63 heavy (non-hydrogen) atoms. The average molecular weight is 854 g/mol. The molecule has 0 saturated heterocycles. The molecular weight excluding hydrogens is 787 g/mol. The van der Waals surface area contributed by atoms with E-state index >= 15 is 0 Å². The minimum Gasteiger partial charge on any atom is -0.313 e. The van der Waals surface area contributed by atoms with Gasteiger partial charge in [-0.3, -0.25) is 4.90 Å². The molecule has 0 atom stereocenters. The zero-order chi connectivity index (χ0) is 46.2. The highest BCUT2D eigenvalue weighted by Crippen LogP contribution is 2.38. The van der Waals surface area contributed by atoms with Gasteiger partial charge in [0.1, 0.15) is 6.33 Å². The van der Waals surface area contributed by atoms with Gasteiger partial charge >= 0.3 is 0 Å². The third kappa shape index (κ3) is 21.1. The Morgan fingerprint density at radius 2 is 0.730 bits per heavy atom. The van der Waals surface area contributed by atoms with Gasteiger partial charge in [-0.05, 0) is 83.9 Å². The van der Waals surface area contributed by atoms with Gasteiger partial charge in [0, 0.05) is 17.6 Å². The van der Waals surface area contributed by atoms with E-state index in [-0.39, 0.29) is 0 Å². The normalized spacial score (nSPS) is 9.25. The number of thiol groups is 1. The molecule has 1 aromatic heterocycles. The first-order chi connectivity index (χ1) is 30.5. The maximum Gasteiger partial charge on any atom is 0.239 e. The minimum atomic E-state index is 0.538. The number of rotatable bonds is 5. The van der Waals surface area contributed by atoms with Gasteiger partial charge in [0.2, 0.25) is 11.9 Å². The van der Waals surface area contributed by atoms with E-state index in [4.69, 9.17) is 4.98 Å². The van der Waals surface area contributed by atoms with Crippen LogP contribution in [0.1, 0.15) is 55.5 Å². The number of benzene rings is 7. The molecule has 6 heteroatoms. The van der Waals surface area contributed by atoms with E-state index in [0.29, 0.717) is 11.9 Å². The molecule has 8 aromatic rings. The number of allylic oxidation sites excluding steroid dienone is 1. The molecule has 0 N–H and O–H groups in total. The number of hydrogen-bond acceptors (Lipinski definition) is 6. The molecule has 0 fully saturated rings. The molecule has 0 unspecified atom stereocenters. The fraction of sp³-hybridized carbons (Fsp3) is 0.175. The molecule has 0 aliphatic rings. The molecule has 7 aromatic carbocycles. The molecule has 1 heterocycles. The summed E-state index contributed by atoms with van der Waals surface area (Å²) in [6, 6.07) is 67.1. The zero-order valence-corrected chi connectivity index (χ0v) is 39.9. The van der Waals surface area contributed by atoms with Gasteiger partial charge in [0.05, 0.1) is 11.4 Å². The predicted molar refractivity (Wildman–Crippen MR) is 278 cm³/mol. The Kier molecular flexibility index (Phi) is 25.9. The quantitative estimate of drug-likeness (QED) is 0.138.